The number of sulfone groups is 1. The predicted molar refractivity (Wildman–Crippen MR) is 92.3 cm³/mol. The summed E-state index contributed by atoms with van der Waals surface area (Å²) in [6.07, 6.45) is 1.74. The van der Waals surface area contributed by atoms with Crippen molar-refractivity contribution < 1.29 is 13.5 Å². The number of aliphatic hydroxyl groups is 1. The fourth-order valence-electron chi connectivity index (χ4n) is 2.41. The Kier molecular flexibility index (Phi) is 4.56. The first-order valence-electron chi connectivity index (χ1n) is 6.93. The van der Waals surface area contributed by atoms with Crippen molar-refractivity contribution in [2.45, 2.75) is 28.3 Å². The van der Waals surface area contributed by atoms with Crippen LogP contribution in [-0.2, 0) is 16.4 Å². The first kappa shape index (κ1) is 17.2. The van der Waals surface area contributed by atoms with Gasteiger partial charge in [-0.2, -0.15) is 5.10 Å². The molecular formula is C15H14ClN3O3S2. The third kappa shape index (κ3) is 2.79. The van der Waals surface area contributed by atoms with Gasteiger partial charge in [0, 0.05) is 10.7 Å². The lowest BCUT2D eigenvalue weighted by molar-refractivity contribution is 0.273. The summed E-state index contributed by atoms with van der Waals surface area (Å²) < 4.78 is 27.6. The van der Waals surface area contributed by atoms with Crippen LogP contribution in [0.5, 0.6) is 0 Å². The van der Waals surface area contributed by atoms with E-state index in [2.05, 4.69) is 10.1 Å². The van der Waals surface area contributed by atoms with E-state index in [0.717, 1.165) is 0 Å². The van der Waals surface area contributed by atoms with E-state index in [1.54, 1.807) is 31.4 Å². The lowest BCUT2D eigenvalue weighted by atomic mass is 10.3. The third-order valence-corrected chi connectivity index (χ3v) is 6.27. The van der Waals surface area contributed by atoms with Gasteiger partial charge >= 0.3 is 0 Å². The van der Waals surface area contributed by atoms with Crippen molar-refractivity contribution in [1.29, 1.82) is 0 Å². The molecule has 0 aliphatic heterocycles. The number of nitrogens with zero attached hydrogens (tertiary/aromatic N) is 3. The van der Waals surface area contributed by atoms with Gasteiger partial charge in [0.15, 0.2) is 10.5 Å². The number of benzene rings is 1. The molecule has 0 amide bonds. The Hall–Kier alpha value is -1.61. The van der Waals surface area contributed by atoms with Crippen molar-refractivity contribution in [2.24, 2.45) is 0 Å². The zero-order valence-electron chi connectivity index (χ0n) is 12.9. The summed E-state index contributed by atoms with van der Waals surface area (Å²) in [4.78, 5) is 4.43. The average molecular weight is 384 g/mol. The quantitative estimate of drug-likeness (QED) is 0.697. The summed E-state index contributed by atoms with van der Waals surface area (Å²) in [5.74, 6) is 0. The van der Waals surface area contributed by atoms with Crippen molar-refractivity contribution in [3.8, 4) is 0 Å². The van der Waals surface area contributed by atoms with Crippen molar-refractivity contribution in [3.05, 3.63) is 46.7 Å². The number of thioether (sulfide) groups is 1. The van der Waals surface area contributed by atoms with Crippen LogP contribution in [0.2, 0.25) is 5.02 Å². The van der Waals surface area contributed by atoms with Gasteiger partial charge in [0.25, 0.3) is 0 Å². The molecule has 126 valence electrons. The van der Waals surface area contributed by atoms with Crippen LogP contribution in [-0.4, -0.2) is 34.4 Å². The molecule has 2 aromatic heterocycles. The Labute approximate surface area is 148 Å². The van der Waals surface area contributed by atoms with E-state index >= 15 is 0 Å². The van der Waals surface area contributed by atoms with Gasteiger partial charge in [-0.1, -0.05) is 17.7 Å². The fraction of sp³-hybridized carbons (Fsp3) is 0.200. The second-order valence-electron chi connectivity index (χ2n) is 5.08. The van der Waals surface area contributed by atoms with Gasteiger partial charge in [0.1, 0.15) is 5.03 Å². The van der Waals surface area contributed by atoms with E-state index in [9.17, 15) is 13.5 Å². The number of aliphatic hydroxyl groups excluding tert-OH is 1. The largest absolute Gasteiger partial charge is 0.390 e. The molecule has 1 N–H and O–H groups in total. The molecule has 0 aliphatic carbocycles. The molecule has 0 spiro atoms. The van der Waals surface area contributed by atoms with Crippen molar-refractivity contribution in [1.82, 2.24) is 14.6 Å². The highest BCUT2D eigenvalue weighted by Gasteiger charge is 2.29. The Morgan fingerprint density at radius 2 is 2.08 bits per heavy atom. The normalized spacial score (nSPS) is 12.0. The van der Waals surface area contributed by atoms with Crippen LogP contribution in [0.4, 0.5) is 0 Å². The van der Waals surface area contributed by atoms with Crippen molar-refractivity contribution >= 4 is 38.8 Å². The molecule has 1 aromatic carbocycles. The molecular weight excluding hydrogens is 370 g/mol. The van der Waals surface area contributed by atoms with Crippen LogP contribution in [0.15, 0.2) is 45.1 Å². The summed E-state index contributed by atoms with van der Waals surface area (Å²) in [5, 5.41) is 14.5. The second-order valence-corrected chi connectivity index (χ2v) is 8.20. The Morgan fingerprint density at radius 3 is 2.71 bits per heavy atom. The van der Waals surface area contributed by atoms with Crippen LogP contribution >= 0.6 is 23.4 Å². The molecule has 0 unspecified atom stereocenters. The molecule has 0 atom stereocenters. The highest BCUT2D eigenvalue weighted by atomic mass is 35.5. The SMILES string of the molecule is CSc1nn2c(CO)cc(C)nc2c1S(=O)(=O)c1cccc(Cl)c1. The van der Waals surface area contributed by atoms with E-state index in [0.29, 0.717) is 21.4 Å². The van der Waals surface area contributed by atoms with Crippen molar-refractivity contribution in [2.75, 3.05) is 6.26 Å². The molecule has 3 aromatic rings. The maximum absolute atomic E-state index is 13.1. The zero-order chi connectivity index (χ0) is 17.5. The van der Waals surface area contributed by atoms with E-state index in [-0.39, 0.29) is 22.0 Å². The molecule has 2 heterocycles. The smallest absolute Gasteiger partial charge is 0.213 e. The molecule has 3 rings (SSSR count). The second kappa shape index (κ2) is 6.36. The number of hydrogen-bond donors (Lipinski definition) is 1. The van der Waals surface area contributed by atoms with Gasteiger partial charge in [-0.25, -0.2) is 17.9 Å². The molecule has 0 radical (unpaired) electrons. The fourth-order valence-corrected chi connectivity index (χ4v) is 5.10. The van der Waals surface area contributed by atoms with Crippen LogP contribution in [0.25, 0.3) is 5.65 Å². The Morgan fingerprint density at radius 1 is 1.33 bits per heavy atom. The zero-order valence-corrected chi connectivity index (χ0v) is 15.3. The third-order valence-electron chi connectivity index (χ3n) is 3.45. The molecule has 9 heteroatoms. The highest BCUT2D eigenvalue weighted by molar-refractivity contribution is 7.99. The van der Waals surface area contributed by atoms with Crippen LogP contribution < -0.4 is 0 Å². The first-order chi connectivity index (χ1) is 11.4. The molecule has 0 bridgehead atoms. The minimum absolute atomic E-state index is 0.0238. The van der Waals surface area contributed by atoms with E-state index in [1.807, 2.05) is 0 Å². The highest BCUT2D eigenvalue weighted by Crippen LogP contribution is 2.33. The number of aryl methyl sites for hydroxylation is 1. The van der Waals surface area contributed by atoms with Gasteiger partial charge in [-0.05, 0) is 37.4 Å². The van der Waals surface area contributed by atoms with Crippen LogP contribution in [0.3, 0.4) is 0 Å². The topological polar surface area (TPSA) is 84.6 Å². The maximum Gasteiger partial charge on any atom is 0.213 e. The predicted octanol–water partition coefficient (Wildman–Crippen LogP) is 2.74. The Balaban J connectivity index is 2.38. The standard InChI is InChI=1S/C15H14ClN3O3S2/c1-9-6-11(8-20)19-14(17-9)13(15(18-19)23-2)24(21,22)12-5-3-4-10(16)7-12/h3-7,20H,8H2,1-2H3. The molecule has 0 fully saturated rings. The van der Waals surface area contributed by atoms with Crippen LogP contribution in [0.1, 0.15) is 11.4 Å². The Bertz CT molecular complexity index is 1030. The monoisotopic (exact) mass is 383 g/mol. The summed E-state index contributed by atoms with van der Waals surface area (Å²) in [6.45, 7) is 1.46. The number of aromatic nitrogens is 3. The average Bonchev–Trinajstić information content (AvgIpc) is 2.93. The first-order valence-corrected chi connectivity index (χ1v) is 10.0. The van der Waals surface area contributed by atoms with Gasteiger partial charge in [0.2, 0.25) is 9.84 Å². The summed E-state index contributed by atoms with van der Waals surface area (Å²) in [6, 6.07) is 7.74. The van der Waals surface area contributed by atoms with Gasteiger partial charge in [-0.3, -0.25) is 0 Å². The lowest BCUT2D eigenvalue weighted by Gasteiger charge is -2.06. The molecule has 6 nitrogen and oxygen atoms in total. The summed E-state index contributed by atoms with van der Waals surface area (Å²) in [5.41, 5.74) is 1.27. The molecule has 0 saturated carbocycles. The van der Waals surface area contributed by atoms with Crippen LogP contribution in [0, 0.1) is 6.92 Å². The maximum atomic E-state index is 13.1. The van der Waals surface area contributed by atoms with E-state index in [1.165, 1.54) is 28.4 Å². The summed E-state index contributed by atoms with van der Waals surface area (Å²) in [7, 11) is -3.86. The number of halogens is 1. The minimum Gasteiger partial charge on any atom is -0.390 e. The van der Waals surface area contributed by atoms with Gasteiger partial charge < -0.3 is 5.11 Å². The lowest BCUT2D eigenvalue weighted by Crippen LogP contribution is -2.06. The summed E-state index contributed by atoms with van der Waals surface area (Å²) >= 11 is 7.14. The number of hydrogen-bond acceptors (Lipinski definition) is 6. The molecule has 0 saturated heterocycles. The van der Waals surface area contributed by atoms with E-state index < -0.39 is 9.84 Å². The van der Waals surface area contributed by atoms with Gasteiger partial charge in [-0.15, -0.1) is 11.8 Å². The number of rotatable bonds is 4. The van der Waals surface area contributed by atoms with E-state index in [4.69, 9.17) is 11.6 Å². The number of fused-ring (bicyclic) bond motifs is 1. The minimum atomic E-state index is -3.86. The van der Waals surface area contributed by atoms with Gasteiger partial charge in [0.05, 0.1) is 17.2 Å². The molecule has 24 heavy (non-hydrogen) atoms. The molecule has 0 aliphatic rings. The van der Waals surface area contributed by atoms with Crippen molar-refractivity contribution in [3.63, 3.8) is 0 Å².